The average Bonchev–Trinajstić information content (AvgIpc) is 3.07. The van der Waals surface area contributed by atoms with Gasteiger partial charge in [-0.25, -0.2) is 4.79 Å². The summed E-state index contributed by atoms with van der Waals surface area (Å²) in [6.07, 6.45) is -0.291. The van der Waals surface area contributed by atoms with Crippen LogP contribution in [0, 0.1) is 17.8 Å². The molecule has 2 amide bonds. The van der Waals surface area contributed by atoms with Gasteiger partial charge in [0.2, 0.25) is 5.91 Å². The van der Waals surface area contributed by atoms with Crippen LogP contribution in [0.15, 0.2) is 28.7 Å². The van der Waals surface area contributed by atoms with E-state index < -0.39 is 11.1 Å². The molecule has 1 aliphatic heterocycles. The minimum Gasteiger partial charge on any atom is -0.490 e. The van der Waals surface area contributed by atoms with Crippen LogP contribution in [-0.2, 0) is 9.53 Å². The van der Waals surface area contributed by atoms with Crippen molar-refractivity contribution in [2.45, 2.75) is 45.8 Å². The number of benzene rings is 1. The Labute approximate surface area is 175 Å². The van der Waals surface area contributed by atoms with Crippen molar-refractivity contribution in [3.63, 3.8) is 0 Å². The molecule has 2 atom stereocenters. The summed E-state index contributed by atoms with van der Waals surface area (Å²) < 4.78 is 12.2. The number of para-hydroxylation sites is 1. The van der Waals surface area contributed by atoms with Gasteiger partial charge < -0.3 is 19.7 Å². The molecule has 2 aliphatic rings. The van der Waals surface area contributed by atoms with E-state index in [0.29, 0.717) is 19.7 Å². The van der Waals surface area contributed by atoms with Gasteiger partial charge in [0.15, 0.2) is 0 Å². The molecule has 0 bridgehead atoms. The van der Waals surface area contributed by atoms with Crippen LogP contribution in [0.2, 0.25) is 0 Å². The highest BCUT2D eigenvalue weighted by atomic mass is 79.9. The lowest BCUT2D eigenvalue weighted by atomic mass is 10.1. The number of likely N-dealkylation sites (tertiary alicyclic amines) is 1. The van der Waals surface area contributed by atoms with Crippen molar-refractivity contribution in [3.8, 4) is 5.75 Å². The molecule has 1 aromatic carbocycles. The Hall–Kier alpha value is -1.76. The summed E-state index contributed by atoms with van der Waals surface area (Å²) in [4.78, 5) is 26.6. The average molecular weight is 453 g/mol. The van der Waals surface area contributed by atoms with Gasteiger partial charge in [0.25, 0.3) is 0 Å². The number of nitrogens with one attached hydrogen (secondary N) is 1. The highest BCUT2D eigenvalue weighted by Gasteiger charge is 2.61. The predicted molar refractivity (Wildman–Crippen MR) is 110 cm³/mol. The highest BCUT2D eigenvalue weighted by Crippen LogP contribution is 2.52. The van der Waals surface area contributed by atoms with E-state index in [1.807, 2.05) is 58.9 Å². The first-order valence-corrected chi connectivity index (χ1v) is 10.4. The number of hydrogen-bond acceptors (Lipinski definition) is 4. The van der Waals surface area contributed by atoms with Crippen LogP contribution in [0.3, 0.4) is 0 Å². The Morgan fingerprint density at radius 3 is 2.32 bits per heavy atom. The van der Waals surface area contributed by atoms with Gasteiger partial charge in [0.1, 0.15) is 18.0 Å². The Kier molecular flexibility index (Phi) is 5.67. The number of fused-ring (bicyclic) bond motifs is 1. The Morgan fingerprint density at radius 2 is 1.75 bits per heavy atom. The summed E-state index contributed by atoms with van der Waals surface area (Å²) in [5.41, 5.74) is -0.994. The molecule has 1 saturated carbocycles. The summed E-state index contributed by atoms with van der Waals surface area (Å²) in [5.74, 6) is 1.22. The van der Waals surface area contributed by atoms with Gasteiger partial charge in [-0.1, -0.05) is 12.1 Å². The summed E-state index contributed by atoms with van der Waals surface area (Å²) in [5, 5.41) is 3.10. The zero-order chi connectivity index (χ0) is 20.7. The molecule has 0 spiro atoms. The molecule has 1 aliphatic carbocycles. The van der Waals surface area contributed by atoms with E-state index in [9.17, 15) is 9.59 Å². The molecule has 6 nitrogen and oxygen atoms in total. The SMILES string of the molecule is CC(C)(COc1ccccc1Br)NC(=O)C1C2CN(C(=O)OC(C)(C)C)CC21. The minimum atomic E-state index is -0.502. The number of ether oxygens (including phenoxy) is 2. The summed E-state index contributed by atoms with van der Waals surface area (Å²) >= 11 is 3.46. The number of nitrogens with zero attached hydrogens (tertiary/aromatic N) is 1. The van der Waals surface area contributed by atoms with Crippen molar-refractivity contribution < 1.29 is 19.1 Å². The second kappa shape index (κ2) is 7.58. The maximum absolute atomic E-state index is 12.7. The number of rotatable bonds is 5. The lowest BCUT2D eigenvalue weighted by molar-refractivity contribution is -0.125. The lowest BCUT2D eigenvalue weighted by Crippen LogP contribution is -2.49. The van der Waals surface area contributed by atoms with Crippen molar-refractivity contribution in [3.05, 3.63) is 28.7 Å². The molecule has 3 rings (SSSR count). The molecule has 7 heteroatoms. The van der Waals surface area contributed by atoms with Gasteiger partial charge >= 0.3 is 6.09 Å². The van der Waals surface area contributed by atoms with E-state index in [4.69, 9.17) is 9.47 Å². The fourth-order valence-corrected chi connectivity index (χ4v) is 4.06. The van der Waals surface area contributed by atoms with Gasteiger partial charge in [-0.15, -0.1) is 0 Å². The van der Waals surface area contributed by atoms with E-state index in [2.05, 4.69) is 21.2 Å². The van der Waals surface area contributed by atoms with Crippen LogP contribution in [0.25, 0.3) is 0 Å². The van der Waals surface area contributed by atoms with Crippen LogP contribution in [-0.4, -0.2) is 47.7 Å². The van der Waals surface area contributed by atoms with Crippen LogP contribution in [0.5, 0.6) is 5.75 Å². The third kappa shape index (κ3) is 4.99. The highest BCUT2D eigenvalue weighted by molar-refractivity contribution is 9.10. The second-order valence-corrected chi connectivity index (χ2v) is 10.2. The molecule has 28 heavy (non-hydrogen) atoms. The first-order valence-electron chi connectivity index (χ1n) is 9.64. The third-order valence-electron chi connectivity index (χ3n) is 5.04. The minimum absolute atomic E-state index is 0.0265. The normalized spacial score (nSPS) is 23.8. The second-order valence-electron chi connectivity index (χ2n) is 9.33. The molecule has 1 aromatic rings. The lowest BCUT2D eigenvalue weighted by Gasteiger charge is -2.28. The molecule has 1 heterocycles. The smallest absolute Gasteiger partial charge is 0.410 e. The quantitative estimate of drug-likeness (QED) is 0.736. The zero-order valence-corrected chi connectivity index (χ0v) is 18.7. The van der Waals surface area contributed by atoms with Crippen molar-refractivity contribution >= 4 is 27.9 Å². The predicted octanol–water partition coefficient (Wildman–Crippen LogP) is 3.84. The van der Waals surface area contributed by atoms with Gasteiger partial charge in [0.05, 0.1) is 10.0 Å². The number of carbonyl (C=O) groups is 2. The summed E-state index contributed by atoms with van der Waals surface area (Å²) in [6.45, 7) is 11.0. The number of halogens is 1. The third-order valence-corrected chi connectivity index (χ3v) is 5.69. The first-order chi connectivity index (χ1) is 13.0. The topological polar surface area (TPSA) is 67.9 Å². The Morgan fingerprint density at radius 1 is 1.14 bits per heavy atom. The largest absolute Gasteiger partial charge is 0.490 e. The number of carbonyl (C=O) groups excluding carboxylic acids is 2. The Bertz CT molecular complexity index is 747. The van der Waals surface area contributed by atoms with Crippen LogP contribution in [0.1, 0.15) is 34.6 Å². The van der Waals surface area contributed by atoms with E-state index in [1.54, 1.807) is 4.90 Å². The van der Waals surface area contributed by atoms with Crippen molar-refractivity contribution in [2.24, 2.45) is 17.8 Å². The Balaban J connectivity index is 1.46. The van der Waals surface area contributed by atoms with E-state index in [1.165, 1.54) is 0 Å². The summed E-state index contributed by atoms with van der Waals surface area (Å²) in [7, 11) is 0. The van der Waals surface area contributed by atoms with Crippen LogP contribution >= 0.6 is 15.9 Å². The van der Waals surface area contributed by atoms with E-state index in [0.717, 1.165) is 10.2 Å². The maximum Gasteiger partial charge on any atom is 0.410 e. The number of amides is 2. The van der Waals surface area contributed by atoms with Crippen molar-refractivity contribution in [1.29, 1.82) is 0 Å². The number of piperidine rings is 1. The van der Waals surface area contributed by atoms with Gasteiger partial charge in [-0.05, 0) is 74.5 Å². The van der Waals surface area contributed by atoms with Gasteiger partial charge in [0, 0.05) is 19.0 Å². The fraction of sp³-hybridized carbons (Fsp3) is 0.619. The van der Waals surface area contributed by atoms with Crippen molar-refractivity contribution in [2.75, 3.05) is 19.7 Å². The first kappa shape index (κ1) is 21.0. The van der Waals surface area contributed by atoms with Crippen molar-refractivity contribution in [1.82, 2.24) is 10.2 Å². The van der Waals surface area contributed by atoms with E-state index >= 15 is 0 Å². The molecule has 2 unspecified atom stereocenters. The zero-order valence-electron chi connectivity index (χ0n) is 17.1. The molecule has 1 saturated heterocycles. The van der Waals surface area contributed by atoms with Gasteiger partial charge in [-0.2, -0.15) is 0 Å². The van der Waals surface area contributed by atoms with Crippen LogP contribution in [0.4, 0.5) is 4.79 Å². The monoisotopic (exact) mass is 452 g/mol. The molecule has 154 valence electrons. The van der Waals surface area contributed by atoms with Crippen LogP contribution < -0.4 is 10.1 Å². The molecule has 0 aromatic heterocycles. The molecular formula is C21H29BrN2O4. The number of hydrogen-bond donors (Lipinski definition) is 1. The molecule has 0 radical (unpaired) electrons. The maximum atomic E-state index is 12.7. The summed E-state index contributed by atoms with van der Waals surface area (Å²) in [6, 6.07) is 7.64. The standard InChI is InChI=1S/C21H29BrN2O4/c1-20(2,3)28-19(26)24-10-13-14(11-24)17(13)18(25)23-21(4,5)12-27-16-9-7-6-8-15(16)22/h6-9,13-14,17H,10-12H2,1-5H3,(H,23,25). The molecule has 2 fully saturated rings. The molecular weight excluding hydrogens is 424 g/mol. The van der Waals surface area contributed by atoms with E-state index in [-0.39, 0.29) is 29.8 Å². The molecule has 1 N–H and O–H groups in total. The fourth-order valence-electron chi connectivity index (χ4n) is 3.66. The van der Waals surface area contributed by atoms with Gasteiger partial charge in [-0.3, -0.25) is 4.79 Å².